The van der Waals surface area contributed by atoms with Crippen molar-refractivity contribution in [2.45, 2.75) is 49.8 Å². The maximum atomic E-state index is 12.1. The number of carbonyl (C=O) groups excluding carboxylic acids is 1. The van der Waals surface area contributed by atoms with E-state index in [4.69, 9.17) is 5.11 Å². The van der Waals surface area contributed by atoms with Crippen molar-refractivity contribution in [3.05, 3.63) is 29.8 Å². The lowest BCUT2D eigenvalue weighted by molar-refractivity contribution is -0.121. The summed E-state index contributed by atoms with van der Waals surface area (Å²) < 4.78 is 0. The zero-order valence-electron chi connectivity index (χ0n) is 12.3. The molecule has 0 aliphatic heterocycles. The minimum atomic E-state index is -0.977. The van der Waals surface area contributed by atoms with Crippen LogP contribution in [-0.4, -0.2) is 27.8 Å². The van der Waals surface area contributed by atoms with Crippen LogP contribution in [0.25, 0.3) is 0 Å². The molecule has 0 radical (unpaired) electrons. The first-order valence-corrected chi connectivity index (χ1v) is 7.46. The minimum Gasteiger partial charge on any atom is -0.478 e. The van der Waals surface area contributed by atoms with Crippen LogP contribution >= 0.6 is 11.8 Å². The summed E-state index contributed by atoms with van der Waals surface area (Å²) in [5.41, 5.74) is -0.0232. The molecule has 0 saturated carbocycles. The molecule has 0 bridgehead atoms. The Labute approximate surface area is 124 Å². The van der Waals surface area contributed by atoms with Crippen LogP contribution < -0.4 is 5.32 Å². The minimum absolute atomic E-state index is 0.0814. The van der Waals surface area contributed by atoms with Crippen molar-refractivity contribution in [3.63, 3.8) is 0 Å². The van der Waals surface area contributed by atoms with Gasteiger partial charge >= 0.3 is 5.97 Å². The molecule has 1 aromatic rings. The Hall–Kier alpha value is -1.49. The summed E-state index contributed by atoms with van der Waals surface area (Å²) in [6.07, 6.45) is 0.835. The van der Waals surface area contributed by atoms with Gasteiger partial charge in [-0.1, -0.05) is 19.1 Å². The highest BCUT2D eigenvalue weighted by Crippen LogP contribution is 2.27. The fourth-order valence-corrected chi connectivity index (χ4v) is 2.50. The van der Waals surface area contributed by atoms with Gasteiger partial charge in [-0.2, -0.15) is 0 Å². The van der Waals surface area contributed by atoms with Gasteiger partial charge in [-0.25, -0.2) is 4.79 Å². The summed E-state index contributed by atoms with van der Waals surface area (Å²) in [6, 6.07) is 6.72. The van der Waals surface area contributed by atoms with Crippen LogP contribution in [0.3, 0.4) is 0 Å². The molecule has 0 aromatic heterocycles. The number of nitrogens with one attached hydrogen (secondary N) is 1. The Balaban J connectivity index is 2.79. The molecule has 1 atom stereocenters. The van der Waals surface area contributed by atoms with Crippen molar-refractivity contribution in [2.24, 2.45) is 0 Å². The second-order valence-corrected chi connectivity index (χ2v) is 6.67. The highest BCUT2D eigenvalue weighted by molar-refractivity contribution is 8.00. The third-order valence-corrected chi connectivity index (χ3v) is 4.31. The Bertz CT molecular complexity index is 500. The zero-order valence-corrected chi connectivity index (χ0v) is 13.1. The lowest BCUT2D eigenvalue weighted by Crippen LogP contribution is -2.46. The van der Waals surface area contributed by atoms with Gasteiger partial charge in [-0.3, -0.25) is 4.79 Å². The second kappa shape index (κ2) is 6.79. The smallest absolute Gasteiger partial charge is 0.336 e. The number of hydrogen-bond acceptors (Lipinski definition) is 3. The molecule has 1 unspecified atom stereocenters. The van der Waals surface area contributed by atoms with E-state index < -0.39 is 5.97 Å². The summed E-state index contributed by atoms with van der Waals surface area (Å²) in [5, 5.41) is 11.7. The fourth-order valence-electron chi connectivity index (χ4n) is 1.51. The van der Waals surface area contributed by atoms with E-state index >= 15 is 0 Å². The molecule has 0 aliphatic carbocycles. The predicted octanol–water partition coefficient (Wildman–Crippen LogP) is 3.17. The van der Waals surface area contributed by atoms with Crippen LogP contribution in [0.15, 0.2) is 29.2 Å². The van der Waals surface area contributed by atoms with E-state index in [1.165, 1.54) is 11.8 Å². The van der Waals surface area contributed by atoms with Gasteiger partial charge in [0, 0.05) is 10.4 Å². The normalized spacial score (nSPS) is 12.8. The van der Waals surface area contributed by atoms with Gasteiger partial charge in [0.2, 0.25) is 5.91 Å². The molecule has 2 N–H and O–H groups in total. The average Bonchev–Trinajstić information content (AvgIpc) is 2.38. The maximum absolute atomic E-state index is 12.1. The number of carboxylic acid groups (broad SMARTS) is 1. The third-order valence-electron chi connectivity index (χ3n) is 3.14. The number of carbonyl (C=O) groups is 2. The van der Waals surface area contributed by atoms with E-state index in [0.717, 1.165) is 6.42 Å². The summed E-state index contributed by atoms with van der Waals surface area (Å²) >= 11 is 1.26. The molecule has 4 nitrogen and oxygen atoms in total. The monoisotopic (exact) mass is 295 g/mol. The van der Waals surface area contributed by atoms with E-state index in [9.17, 15) is 9.59 Å². The number of carboxylic acids is 1. The van der Waals surface area contributed by atoms with Crippen LogP contribution in [0.4, 0.5) is 0 Å². The molecule has 1 aromatic carbocycles. The largest absolute Gasteiger partial charge is 0.478 e. The lowest BCUT2D eigenvalue weighted by atomic mass is 10.0. The summed E-state index contributed by atoms with van der Waals surface area (Å²) in [4.78, 5) is 23.9. The summed E-state index contributed by atoms with van der Waals surface area (Å²) in [5.74, 6) is -1.06. The molecule has 0 saturated heterocycles. The molecular weight excluding hydrogens is 274 g/mol. The van der Waals surface area contributed by atoms with Gasteiger partial charge in [0.25, 0.3) is 0 Å². The van der Waals surface area contributed by atoms with Crippen molar-refractivity contribution in [1.82, 2.24) is 5.32 Å². The number of amides is 1. The number of thioether (sulfide) groups is 1. The zero-order chi connectivity index (χ0) is 15.3. The number of benzene rings is 1. The van der Waals surface area contributed by atoms with Gasteiger partial charge in [0.15, 0.2) is 0 Å². The third kappa shape index (κ3) is 4.56. The Morgan fingerprint density at radius 1 is 1.35 bits per heavy atom. The number of rotatable bonds is 6. The maximum Gasteiger partial charge on any atom is 0.336 e. The van der Waals surface area contributed by atoms with Gasteiger partial charge < -0.3 is 10.4 Å². The highest BCUT2D eigenvalue weighted by atomic mass is 32.2. The SMILES string of the molecule is CCC(C)(C)NC(=O)C(C)Sc1ccccc1C(=O)O. The van der Waals surface area contributed by atoms with Crippen LogP contribution in [0, 0.1) is 0 Å². The predicted molar refractivity (Wildman–Crippen MR) is 81.2 cm³/mol. The highest BCUT2D eigenvalue weighted by Gasteiger charge is 2.23. The van der Waals surface area contributed by atoms with Gasteiger partial charge in [0.1, 0.15) is 0 Å². The molecule has 0 fully saturated rings. The van der Waals surface area contributed by atoms with E-state index in [1.807, 2.05) is 20.8 Å². The quantitative estimate of drug-likeness (QED) is 0.791. The Kier molecular flexibility index (Phi) is 5.62. The summed E-state index contributed by atoms with van der Waals surface area (Å²) in [6.45, 7) is 7.73. The molecule has 1 amide bonds. The van der Waals surface area contributed by atoms with Crippen molar-refractivity contribution in [2.75, 3.05) is 0 Å². The van der Waals surface area contributed by atoms with Crippen LogP contribution in [0.5, 0.6) is 0 Å². The first kappa shape index (κ1) is 16.6. The van der Waals surface area contributed by atoms with Crippen LogP contribution in [-0.2, 0) is 4.79 Å². The van der Waals surface area contributed by atoms with E-state index in [0.29, 0.717) is 4.90 Å². The second-order valence-electron chi connectivity index (χ2n) is 5.29. The van der Waals surface area contributed by atoms with Crippen molar-refractivity contribution in [1.29, 1.82) is 0 Å². The molecule has 1 rings (SSSR count). The van der Waals surface area contributed by atoms with Gasteiger partial charge in [0.05, 0.1) is 10.8 Å². The molecular formula is C15H21NO3S. The van der Waals surface area contributed by atoms with E-state index in [2.05, 4.69) is 5.32 Å². The molecule has 0 spiro atoms. The number of aromatic carboxylic acids is 1. The standard InChI is InChI=1S/C15H21NO3S/c1-5-15(3,4)16-13(17)10(2)20-12-9-7-6-8-11(12)14(18)19/h6-10H,5H2,1-4H3,(H,16,17)(H,18,19). The summed E-state index contributed by atoms with van der Waals surface area (Å²) in [7, 11) is 0. The van der Waals surface area contributed by atoms with E-state index in [1.54, 1.807) is 31.2 Å². The van der Waals surface area contributed by atoms with E-state index in [-0.39, 0.29) is 22.3 Å². The van der Waals surface area contributed by atoms with Gasteiger partial charge in [-0.15, -0.1) is 11.8 Å². The fraction of sp³-hybridized carbons (Fsp3) is 0.467. The van der Waals surface area contributed by atoms with Crippen LogP contribution in [0.1, 0.15) is 44.5 Å². The molecule has 20 heavy (non-hydrogen) atoms. The Morgan fingerprint density at radius 2 is 1.95 bits per heavy atom. The number of hydrogen-bond donors (Lipinski definition) is 2. The van der Waals surface area contributed by atoms with Crippen LogP contribution in [0.2, 0.25) is 0 Å². The van der Waals surface area contributed by atoms with Crippen molar-refractivity contribution >= 4 is 23.6 Å². The topological polar surface area (TPSA) is 66.4 Å². The van der Waals surface area contributed by atoms with Crippen molar-refractivity contribution < 1.29 is 14.7 Å². The molecule has 0 aliphatic rings. The molecule has 0 heterocycles. The lowest BCUT2D eigenvalue weighted by Gasteiger charge is -2.26. The van der Waals surface area contributed by atoms with Gasteiger partial charge in [-0.05, 0) is 39.3 Å². The average molecular weight is 295 g/mol. The first-order valence-electron chi connectivity index (χ1n) is 6.58. The van der Waals surface area contributed by atoms with Crippen molar-refractivity contribution in [3.8, 4) is 0 Å². The Morgan fingerprint density at radius 3 is 2.50 bits per heavy atom. The molecule has 110 valence electrons. The first-order chi connectivity index (χ1) is 9.26. The molecule has 5 heteroatoms.